The summed E-state index contributed by atoms with van der Waals surface area (Å²) in [6.07, 6.45) is 3.22. The molecule has 2 aliphatic rings. The van der Waals surface area contributed by atoms with E-state index in [4.69, 9.17) is 9.47 Å². The molecule has 1 saturated carbocycles. The normalized spacial score (nSPS) is 28.5. The van der Waals surface area contributed by atoms with E-state index in [0.717, 1.165) is 39.0 Å². The quantitative estimate of drug-likeness (QED) is 0.817. The SMILES string of the molecule is OC[C@H]1CC2OCCN(CCCOc3ccc(F)cc3)[C@H]2C1. The first kappa shape index (κ1) is 15.7. The minimum Gasteiger partial charge on any atom is -0.494 e. The Labute approximate surface area is 130 Å². The van der Waals surface area contributed by atoms with Crippen molar-refractivity contribution in [3.05, 3.63) is 30.1 Å². The van der Waals surface area contributed by atoms with Crippen LogP contribution in [-0.2, 0) is 4.74 Å². The number of aliphatic hydroxyl groups is 1. The van der Waals surface area contributed by atoms with Gasteiger partial charge in [0.1, 0.15) is 11.6 Å². The number of nitrogens with zero attached hydrogens (tertiary/aromatic N) is 1. The van der Waals surface area contributed by atoms with Crippen LogP contribution in [0.4, 0.5) is 4.39 Å². The summed E-state index contributed by atoms with van der Waals surface area (Å²) in [5, 5.41) is 9.34. The van der Waals surface area contributed by atoms with E-state index in [1.165, 1.54) is 12.1 Å². The maximum Gasteiger partial charge on any atom is 0.123 e. The maximum atomic E-state index is 12.8. The van der Waals surface area contributed by atoms with Gasteiger partial charge in [-0.05, 0) is 49.4 Å². The highest BCUT2D eigenvalue weighted by atomic mass is 19.1. The van der Waals surface area contributed by atoms with Crippen molar-refractivity contribution >= 4 is 0 Å². The second kappa shape index (κ2) is 7.40. The second-order valence-corrected chi connectivity index (χ2v) is 6.19. The lowest BCUT2D eigenvalue weighted by Crippen LogP contribution is -2.48. The van der Waals surface area contributed by atoms with E-state index in [1.807, 2.05) is 0 Å². The standard InChI is InChI=1S/C17H24FNO3/c18-14-2-4-15(5-3-14)21-8-1-6-19-7-9-22-17-11-13(12-20)10-16(17)19/h2-5,13,16-17,20H,1,6-12H2/t13-,16+,17?/m1/s1. The Balaban J connectivity index is 1.42. The van der Waals surface area contributed by atoms with Crippen LogP contribution in [0.25, 0.3) is 0 Å². The van der Waals surface area contributed by atoms with Gasteiger partial charge in [-0.15, -0.1) is 0 Å². The third-order valence-electron chi connectivity index (χ3n) is 4.68. The van der Waals surface area contributed by atoms with Gasteiger partial charge in [-0.25, -0.2) is 4.39 Å². The zero-order chi connectivity index (χ0) is 15.4. The topological polar surface area (TPSA) is 41.9 Å². The fraction of sp³-hybridized carbons (Fsp3) is 0.647. The predicted molar refractivity (Wildman–Crippen MR) is 81.4 cm³/mol. The summed E-state index contributed by atoms with van der Waals surface area (Å²) in [5.41, 5.74) is 0. The van der Waals surface area contributed by atoms with Gasteiger partial charge in [0.05, 0.1) is 19.3 Å². The highest BCUT2D eigenvalue weighted by Crippen LogP contribution is 2.33. The molecule has 1 saturated heterocycles. The fourth-order valence-electron chi connectivity index (χ4n) is 3.54. The summed E-state index contributed by atoms with van der Waals surface area (Å²) in [7, 11) is 0. The van der Waals surface area contributed by atoms with E-state index in [1.54, 1.807) is 12.1 Å². The molecule has 5 heteroatoms. The highest BCUT2D eigenvalue weighted by Gasteiger charge is 2.40. The molecular weight excluding hydrogens is 285 g/mol. The fourth-order valence-corrected chi connectivity index (χ4v) is 3.54. The predicted octanol–water partition coefficient (Wildman–Crippen LogP) is 2.07. The molecule has 0 bridgehead atoms. The van der Waals surface area contributed by atoms with Crippen molar-refractivity contribution in [2.24, 2.45) is 5.92 Å². The van der Waals surface area contributed by atoms with Gasteiger partial charge in [-0.3, -0.25) is 4.90 Å². The van der Waals surface area contributed by atoms with Gasteiger partial charge in [0, 0.05) is 25.7 Å². The average Bonchev–Trinajstić information content (AvgIpc) is 2.97. The van der Waals surface area contributed by atoms with Gasteiger partial charge in [0.2, 0.25) is 0 Å². The molecule has 1 aromatic carbocycles. The zero-order valence-corrected chi connectivity index (χ0v) is 12.8. The summed E-state index contributed by atoms with van der Waals surface area (Å²) < 4.78 is 24.3. The minimum atomic E-state index is -0.244. The number of hydrogen-bond donors (Lipinski definition) is 1. The largest absolute Gasteiger partial charge is 0.494 e. The monoisotopic (exact) mass is 309 g/mol. The molecule has 4 nitrogen and oxygen atoms in total. The summed E-state index contributed by atoms with van der Waals surface area (Å²) >= 11 is 0. The molecule has 122 valence electrons. The number of benzene rings is 1. The van der Waals surface area contributed by atoms with Gasteiger partial charge in [0.15, 0.2) is 0 Å². The van der Waals surface area contributed by atoms with E-state index >= 15 is 0 Å². The molecule has 1 heterocycles. The van der Waals surface area contributed by atoms with Crippen molar-refractivity contribution in [2.75, 3.05) is 32.9 Å². The van der Waals surface area contributed by atoms with E-state index in [2.05, 4.69) is 4.90 Å². The van der Waals surface area contributed by atoms with Crippen LogP contribution in [-0.4, -0.2) is 55.1 Å². The maximum absolute atomic E-state index is 12.8. The highest BCUT2D eigenvalue weighted by molar-refractivity contribution is 5.21. The first-order chi connectivity index (χ1) is 10.8. The Morgan fingerprint density at radius 1 is 1.27 bits per heavy atom. The Bertz CT molecular complexity index is 467. The average molecular weight is 309 g/mol. The van der Waals surface area contributed by atoms with Gasteiger partial charge < -0.3 is 14.6 Å². The number of halogens is 1. The van der Waals surface area contributed by atoms with Crippen LogP contribution in [0, 0.1) is 11.7 Å². The summed E-state index contributed by atoms with van der Waals surface area (Å²) in [6.45, 7) is 3.60. The lowest BCUT2D eigenvalue weighted by Gasteiger charge is -2.37. The molecule has 0 amide bonds. The molecule has 1 aliphatic carbocycles. The Hall–Kier alpha value is -1.17. The number of rotatable bonds is 6. The van der Waals surface area contributed by atoms with Crippen LogP contribution >= 0.6 is 0 Å². The molecule has 3 rings (SSSR count). The minimum absolute atomic E-state index is 0.244. The number of aliphatic hydroxyl groups excluding tert-OH is 1. The van der Waals surface area contributed by atoms with E-state index in [0.29, 0.717) is 24.3 Å². The van der Waals surface area contributed by atoms with Crippen LogP contribution in [0.1, 0.15) is 19.3 Å². The third-order valence-corrected chi connectivity index (χ3v) is 4.68. The molecule has 22 heavy (non-hydrogen) atoms. The number of fused-ring (bicyclic) bond motifs is 1. The van der Waals surface area contributed by atoms with Gasteiger partial charge in [-0.2, -0.15) is 0 Å². The van der Waals surface area contributed by atoms with Gasteiger partial charge in [0.25, 0.3) is 0 Å². The number of ether oxygens (including phenoxy) is 2. The van der Waals surface area contributed by atoms with Crippen molar-refractivity contribution < 1.29 is 19.0 Å². The molecule has 0 radical (unpaired) electrons. The molecule has 1 unspecified atom stereocenters. The Kier molecular flexibility index (Phi) is 5.28. The van der Waals surface area contributed by atoms with E-state index < -0.39 is 0 Å². The molecule has 2 fully saturated rings. The van der Waals surface area contributed by atoms with Crippen molar-refractivity contribution in [3.8, 4) is 5.75 Å². The van der Waals surface area contributed by atoms with Crippen LogP contribution in [0.15, 0.2) is 24.3 Å². The van der Waals surface area contributed by atoms with Gasteiger partial charge >= 0.3 is 0 Å². The molecule has 1 aromatic rings. The lowest BCUT2D eigenvalue weighted by atomic mass is 10.1. The van der Waals surface area contributed by atoms with Crippen LogP contribution in [0.3, 0.4) is 0 Å². The van der Waals surface area contributed by atoms with Crippen molar-refractivity contribution in [3.63, 3.8) is 0 Å². The summed E-state index contributed by atoms with van der Waals surface area (Å²) in [5.74, 6) is 0.847. The summed E-state index contributed by atoms with van der Waals surface area (Å²) in [6, 6.07) is 6.58. The summed E-state index contributed by atoms with van der Waals surface area (Å²) in [4.78, 5) is 2.47. The van der Waals surface area contributed by atoms with Crippen LogP contribution < -0.4 is 4.74 Å². The Morgan fingerprint density at radius 2 is 2.09 bits per heavy atom. The molecular formula is C17H24FNO3. The lowest BCUT2D eigenvalue weighted by molar-refractivity contribution is -0.0566. The number of hydrogen-bond acceptors (Lipinski definition) is 4. The Morgan fingerprint density at radius 3 is 2.86 bits per heavy atom. The molecule has 1 N–H and O–H groups in total. The first-order valence-corrected chi connectivity index (χ1v) is 8.11. The molecule has 1 aliphatic heterocycles. The first-order valence-electron chi connectivity index (χ1n) is 8.11. The third kappa shape index (κ3) is 3.77. The van der Waals surface area contributed by atoms with E-state index in [-0.39, 0.29) is 18.5 Å². The van der Waals surface area contributed by atoms with Crippen LogP contribution in [0.5, 0.6) is 5.75 Å². The van der Waals surface area contributed by atoms with Crippen molar-refractivity contribution in [1.82, 2.24) is 4.90 Å². The molecule has 3 atom stereocenters. The second-order valence-electron chi connectivity index (χ2n) is 6.19. The smallest absolute Gasteiger partial charge is 0.123 e. The molecule has 0 aromatic heterocycles. The number of morpholine rings is 1. The van der Waals surface area contributed by atoms with Crippen molar-refractivity contribution in [2.45, 2.75) is 31.4 Å². The zero-order valence-electron chi connectivity index (χ0n) is 12.8. The van der Waals surface area contributed by atoms with E-state index in [9.17, 15) is 9.50 Å². The van der Waals surface area contributed by atoms with Gasteiger partial charge in [-0.1, -0.05) is 0 Å². The molecule has 0 spiro atoms. The van der Waals surface area contributed by atoms with Crippen LogP contribution in [0.2, 0.25) is 0 Å². The van der Waals surface area contributed by atoms with Crippen molar-refractivity contribution in [1.29, 1.82) is 0 Å².